The number of para-hydroxylation sites is 2. The highest BCUT2D eigenvalue weighted by Gasteiger charge is 2.11. The second-order valence-electron chi connectivity index (χ2n) is 5.01. The van der Waals surface area contributed by atoms with Crippen molar-refractivity contribution in [3.63, 3.8) is 0 Å². The second-order valence-corrected chi connectivity index (χ2v) is 5.01. The van der Waals surface area contributed by atoms with E-state index in [1.54, 1.807) is 54.6 Å². The standard InChI is InChI=1S/C17H14N4O3/c18-13-7-3-2-6-11(13)16(23)20-21-17-12(15(19)22)9-10-5-1-4-8-14(10)24-17/h1-9H,18H2,(H2,19,22)(H,20,23). The predicted octanol–water partition coefficient (Wildman–Crippen LogP) is 1.36. The number of nitrogens with two attached hydrogens (primary N) is 2. The van der Waals surface area contributed by atoms with Crippen LogP contribution in [0.15, 0.2) is 64.1 Å². The predicted molar refractivity (Wildman–Crippen MR) is 88.6 cm³/mol. The molecule has 0 radical (unpaired) electrons. The highest BCUT2D eigenvalue weighted by Crippen LogP contribution is 2.12. The van der Waals surface area contributed by atoms with Crippen molar-refractivity contribution < 1.29 is 14.0 Å². The van der Waals surface area contributed by atoms with Gasteiger partial charge in [0.25, 0.3) is 11.8 Å². The van der Waals surface area contributed by atoms with E-state index in [4.69, 9.17) is 15.9 Å². The number of amides is 2. The summed E-state index contributed by atoms with van der Waals surface area (Å²) in [6, 6.07) is 15.2. The van der Waals surface area contributed by atoms with Crippen molar-refractivity contribution in [2.24, 2.45) is 10.8 Å². The van der Waals surface area contributed by atoms with Crippen LogP contribution < -0.4 is 22.4 Å². The maximum absolute atomic E-state index is 12.1. The molecule has 24 heavy (non-hydrogen) atoms. The number of hydrogen-bond donors (Lipinski definition) is 3. The van der Waals surface area contributed by atoms with Crippen molar-refractivity contribution in [2.45, 2.75) is 0 Å². The third-order valence-electron chi connectivity index (χ3n) is 3.39. The smallest absolute Gasteiger partial charge is 0.273 e. The fourth-order valence-electron chi connectivity index (χ4n) is 2.19. The lowest BCUT2D eigenvalue weighted by molar-refractivity contribution is 0.0947. The molecule has 0 aliphatic rings. The van der Waals surface area contributed by atoms with Crippen LogP contribution in [-0.2, 0) is 0 Å². The molecule has 3 rings (SSSR count). The van der Waals surface area contributed by atoms with Crippen molar-refractivity contribution in [3.05, 3.63) is 71.3 Å². The summed E-state index contributed by atoms with van der Waals surface area (Å²) in [4.78, 5) is 23.7. The maximum atomic E-state index is 12.1. The maximum Gasteiger partial charge on any atom is 0.273 e. The number of benzene rings is 2. The van der Waals surface area contributed by atoms with Crippen LogP contribution in [0.25, 0.3) is 11.0 Å². The Labute approximate surface area is 136 Å². The van der Waals surface area contributed by atoms with E-state index in [9.17, 15) is 9.59 Å². The summed E-state index contributed by atoms with van der Waals surface area (Å²) in [5, 5.41) is 4.57. The largest absolute Gasteiger partial charge is 0.436 e. The Morgan fingerprint density at radius 1 is 1.00 bits per heavy atom. The first-order chi connectivity index (χ1) is 11.6. The molecule has 0 saturated heterocycles. The zero-order valence-electron chi connectivity index (χ0n) is 12.5. The fraction of sp³-hybridized carbons (Fsp3) is 0. The number of carbonyl (C=O) groups excluding carboxylic acids is 2. The second kappa shape index (κ2) is 6.25. The van der Waals surface area contributed by atoms with E-state index in [0.717, 1.165) is 0 Å². The van der Waals surface area contributed by atoms with Crippen LogP contribution in [0.3, 0.4) is 0 Å². The molecule has 0 fully saturated rings. The van der Waals surface area contributed by atoms with Crippen LogP contribution in [-0.4, -0.2) is 11.8 Å². The molecular weight excluding hydrogens is 308 g/mol. The molecule has 0 saturated carbocycles. The van der Waals surface area contributed by atoms with E-state index in [1.165, 1.54) is 0 Å². The molecule has 0 unspecified atom stereocenters. The van der Waals surface area contributed by atoms with E-state index in [0.29, 0.717) is 16.7 Å². The van der Waals surface area contributed by atoms with E-state index >= 15 is 0 Å². The molecule has 1 aromatic heterocycles. The summed E-state index contributed by atoms with van der Waals surface area (Å²) < 4.78 is 5.56. The van der Waals surface area contributed by atoms with Crippen molar-refractivity contribution >= 4 is 28.5 Å². The van der Waals surface area contributed by atoms with Gasteiger partial charge in [0.05, 0.1) is 5.56 Å². The third kappa shape index (κ3) is 2.95. The molecule has 0 atom stereocenters. The number of anilines is 1. The number of nitrogen functional groups attached to an aromatic ring is 1. The minimum atomic E-state index is -0.711. The third-order valence-corrected chi connectivity index (χ3v) is 3.39. The Bertz CT molecular complexity index is 1010. The topological polar surface area (TPSA) is 124 Å². The van der Waals surface area contributed by atoms with Crippen molar-refractivity contribution in [2.75, 3.05) is 5.73 Å². The highest BCUT2D eigenvalue weighted by molar-refractivity contribution is 5.99. The molecular formula is C17H14N4O3. The van der Waals surface area contributed by atoms with Crippen LogP contribution in [0.1, 0.15) is 20.7 Å². The first-order valence-corrected chi connectivity index (χ1v) is 7.07. The molecule has 0 bridgehead atoms. The quantitative estimate of drug-likeness (QED) is 0.497. The summed E-state index contributed by atoms with van der Waals surface area (Å²) >= 11 is 0. The first-order valence-electron chi connectivity index (χ1n) is 7.07. The Kier molecular flexibility index (Phi) is 3.98. The Morgan fingerprint density at radius 3 is 2.46 bits per heavy atom. The van der Waals surface area contributed by atoms with Gasteiger partial charge in [-0.3, -0.25) is 9.59 Å². The summed E-state index contributed by atoms with van der Waals surface area (Å²) in [5.41, 5.74) is 14.5. The lowest BCUT2D eigenvalue weighted by Crippen LogP contribution is -2.27. The van der Waals surface area contributed by atoms with E-state index in [-0.39, 0.29) is 16.7 Å². The van der Waals surface area contributed by atoms with Gasteiger partial charge in [-0.25, -0.2) is 5.43 Å². The van der Waals surface area contributed by atoms with Crippen LogP contribution in [0.4, 0.5) is 5.69 Å². The fourth-order valence-corrected chi connectivity index (χ4v) is 2.19. The number of nitrogens with one attached hydrogen (secondary N) is 1. The van der Waals surface area contributed by atoms with Gasteiger partial charge in [0.15, 0.2) is 0 Å². The molecule has 0 aliphatic carbocycles. The van der Waals surface area contributed by atoms with Gasteiger partial charge in [0.2, 0.25) is 5.55 Å². The molecule has 0 aliphatic heterocycles. The molecule has 7 nitrogen and oxygen atoms in total. The van der Waals surface area contributed by atoms with Gasteiger partial charge in [0.1, 0.15) is 11.1 Å². The van der Waals surface area contributed by atoms with E-state index in [1.807, 2.05) is 0 Å². The minimum Gasteiger partial charge on any atom is -0.436 e. The summed E-state index contributed by atoms with van der Waals surface area (Å²) in [7, 11) is 0. The lowest BCUT2D eigenvalue weighted by Gasteiger charge is -2.04. The van der Waals surface area contributed by atoms with Crippen LogP contribution in [0, 0.1) is 0 Å². The van der Waals surface area contributed by atoms with Gasteiger partial charge in [-0.1, -0.05) is 30.3 Å². The lowest BCUT2D eigenvalue weighted by atomic mass is 10.2. The molecule has 7 heteroatoms. The van der Waals surface area contributed by atoms with E-state index in [2.05, 4.69) is 10.5 Å². The molecule has 0 spiro atoms. The summed E-state index contributed by atoms with van der Waals surface area (Å²) in [6.45, 7) is 0. The Hall–Kier alpha value is -3.61. The minimum absolute atomic E-state index is 0.0648. The highest BCUT2D eigenvalue weighted by atomic mass is 16.3. The monoisotopic (exact) mass is 322 g/mol. The summed E-state index contributed by atoms with van der Waals surface area (Å²) in [5.74, 6) is -1.23. The molecule has 2 amide bonds. The van der Waals surface area contributed by atoms with Gasteiger partial charge >= 0.3 is 0 Å². The Balaban J connectivity index is 2.03. The van der Waals surface area contributed by atoms with Crippen LogP contribution in [0.2, 0.25) is 0 Å². The van der Waals surface area contributed by atoms with Crippen molar-refractivity contribution in [1.29, 1.82) is 0 Å². The number of rotatable bonds is 3. The number of carbonyl (C=O) groups is 2. The van der Waals surface area contributed by atoms with E-state index < -0.39 is 11.8 Å². The van der Waals surface area contributed by atoms with Gasteiger partial charge in [0, 0.05) is 11.1 Å². The van der Waals surface area contributed by atoms with Crippen LogP contribution >= 0.6 is 0 Å². The number of fused-ring (bicyclic) bond motifs is 1. The normalized spacial score (nSPS) is 11.4. The van der Waals surface area contributed by atoms with Gasteiger partial charge in [-0.2, -0.15) is 0 Å². The molecule has 2 aromatic carbocycles. The SMILES string of the molecule is NC(=O)c1cc2ccccc2oc1=NNC(=O)c1ccccc1N. The Morgan fingerprint density at radius 2 is 1.71 bits per heavy atom. The number of hydrogen-bond acceptors (Lipinski definition) is 5. The molecule has 5 N–H and O–H groups in total. The average molecular weight is 322 g/mol. The molecule has 3 aromatic rings. The summed E-state index contributed by atoms with van der Waals surface area (Å²) in [6.07, 6.45) is 0. The average Bonchev–Trinajstić information content (AvgIpc) is 2.59. The van der Waals surface area contributed by atoms with Gasteiger partial charge in [-0.05, 0) is 24.3 Å². The van der Waals surface area contributed by atoms with Crippen LogP contribution in [0.5, 0.6) is 0 Å². The molecule has 120 valence electrons. The number of nitrogens with zero attached hydrogens (tertiary/aromatic N) is 1. The van der Waals surface area contributed by atoms with Gasteiger partial charge in [-0.15, -0.1) is 5.10 Å². The van der Waals surface area contributed by atoms with Crippen molar-refractivity contribution in [3.8, 4) is 0 Å². The molecule has 1 heterocycles. The van der Waals surface area contributed by atoms with Crippen molar-refractivity contribution in [1.82, 2.24) is 5.43 Å². The first kappa shape index (κ1) is 15.3. The zero-order valence-corrected chi connectivity index (χ0v) is 12.5. The zero-order chi connectivity index (χ0) is 17.1. The van der Waals surface area contributed by atoms with Gasteiger partial charge < -0.3 is 15.9 Å². The number of primary amides is 1.